The van der Waals surface area contributed by atoms with Gasteiger partial charge < -0.3 is 19.2 Å². The summed E-state index contributed by atoms with van der Waals surface area (Å²) >= 11 is 0. The molecule has 0 bridgehead atoms. The second-order valence-corrected chi connectivity index (χ2v) is 7.22. The van der Waals surface area contributed by atoms with Gasteiger partial charge in [-0.3, -0.25) is 9.78 Å². The number of H-pyrrole nitrogens is 1. The first-order valence-electron chi connectivity index (χ1n) is 7.73. The lowest BCUT2D eigenvalue weighted by Gasteiger charge is -2.07. The molecule has 0 fully saturated rings. The van der Waals surface area contributed by atoms with E-state index in [2.05, 4.69) is 15.0 Å². The first-order chi connectivity index (χ1) is 12.3. The molecule has 142 valence electrons. The number of carbonyl (C=O) groups is 2. The van der Waals surface area contributed by atoms with E-state index >= 15 is 0 Å². The molecule has 0 radical (unpaired) electrons. The Morgan fingerprint density at radius 2 is 2.04 bits per heavy atom. The summed E-state index contributed by atoms with van der Waals surface area (Å²) in [6.45, 7) is 1.55. The van der Waals surface area contributed by atoms with Crippen molar-refractivity contribution in [2.75, 3.05) is 25.5 Å². The first-order valence-corrected chi connectivity index (χ1v) is 9.39. The summed E-state index contributed by atoms with van der Waals surface area (Å²) in [6, 6.07) is 3.97. The average Bonchev–Trinajstić information content (AvgIpc) is 2.94. The molecule has 0 saturated heterocycles. The Hall–Kier alpha value is -2.82. The molecule has 0 aliphatic carbocycles. The Morgan fingerprint density at radius 1 is 1.27 bits per heavy atom. The van der Waals surface area contributed by atoms with Gasteiger partial charge in [0.15, 0.2) is 15.4 Å². The second-order valence-electron chi connectivity index (χ2n) is 5.11. The predicted octanol–water partition coefficient (Wildman–Crippen LogP) is 0.574. The van der Waals surface area contributed by atoms with E-state index in [-0.39, 0.29) is 36.7 Å². The van der Waals surface area contributed by atoms with Crippen molar-refractivity contribution in [2.24, 2.45) is 0 Å². The zero-order valence-corrected chi connectivity index (χ0v) is 14.8. The zero-order valence-electron chi connectivity index (χ0n) is 13.9. The van der Waals surface area contributed by atoms with Crippen LogP contribution in [0.1, 0.15) is 13.3 Å². The number of benzene rings is 1. The van der Waals surface area contributed by atoms with Gasteiger partial charge in [-0.15, -0.1) is 0 Å². The van der Waals surface area contributed by atoms with Crippen molar-refractivity contribution in [3.63, 3.8) is 0 Å². The Balaban J connectivity index is 1.82. The van der Waals surface area contributed by atoms with Gasteiger partial charge in [-0.1, -0.05) is 0 Å². The number of aromatic nitrogens is 1. The molecule has 1 aromatic heterocycles. The normalized spacial score (nSPS) is 11.3. The highest BCUT2D eigenvalue weighted by molar-refractivity contribution is 7.91. The number of alkyl carbamates (subject to hydrolysis) is 1. The maximum Gasteiger partial charge on any atom is 0.417 e. The number of carbonyl (C=O) groups excluding carboxylic acids is 2. The number of oxazole rings is 1. The van der Waals surface area contributed by atoms with Crippen LogP contribution in [0.2, 0.25) is 0 Å². The van der Waals surface area contributed by atoms with Gasteiger partial charge >= 0.3 is 17.8 Å². The van der Waals surface area contributed by atoms with Crippen LogP contribution < -0.4 is 11.1 Å². The van der Waals surface area contributed by atoms with Crippen molar-refractivity contribution in [1.82, 2.24) is 10.3 Å². The van der Waals surface area contributed by atoms with Crippen molar-refractivity contribution in [3.05, 3.63) is 28.7 Å². The summed E-state index contributed by atoms with van der Waals surface area (Å²) in [5.41, 5.74) is 0.507. The Morgan fingerprint density at radius 3 is 2.77 bits per heavy atom. The molecule has 2 N–H and O–H groups in total. The molecular formula is C15H18N2O8S. The summed E-state index contributed by atoms with van der Waals surface area (Å²) in [5.74, 6) is -1.76. The molecule has 1 aromatic carbocycles. The summed E-state index contributed by atoms with van der Waals surface area (Å²) in [7, 11) is -3.72. The van der Waals surface area contributed by atoms with Crippen molar-refractivity contribution < 1.29 is 31.9 Å². The molecule has 11 heteroatoms. The lowest BCUT2D eigenvalue weighted by atomic mass is 10.3. The minimum atomic E-state index is -3.72. The summed E-state index contributed by atoms with van der Waals surface area (Å²) in [4.78, 5) is 36.0. The summed E-state index contributed by atoms with van der Waals surface area (Å²) in [5, 5.41) is 2.35. The Bertz CT molecular complexity index is 944. The van der Waals surface area contributed by atoms with Crippen LogP contribution in [0.3, 0.4) is 0 Å². The van der Waals surface area contributed by atoms with Crippen molar-refractivity contribution in [1.29, 1.82) is 0 Å². The van der Waals surface area contributed by atoms with Gasteiger partial charge in [0.1, 0.15) is 6.61 Å². The molecule has 26 heavy (non-hydrogen) atoms. The van der Waals surface area contributed by atoms with Crippen LogP contribution >= 0.6 is 0 Å². The zero-order chi connectivity index (χ0) is 19.2. The maximum absolute atomic E-state index is 12.2. The molecule has 0 aliphatic heterocycles. The highest BCUT2D eigenvalue weighted by atomic mass is 32.2. The number of hydrogen-bond donors (Lipinski definition) is 2. The van der Waals surface area contributed by atoms with Gasteiger partial charge in [-0.2, -0.15) is 0 Å². The van der Waals surface area contributed by atoms with Crippen LogP contribution in [-0.2, 0) is 24.1 Å². The quantitative estimate of drug-likeness (QED) is 0.627. The molecule has 0 aliphatic rings. The molecule has 2 aromatic rings. The fourth-order valence-corrected chi connectivity index (χ4v) is 3.12. The standard InChI is InChI=1S/C15H18N2O8S/c1-2-23-14(19)16-6-5-13(18)24-7-8-26(21,22)10-3-4-11-12(9-10)25-15(20)17-11/h3-4,9H,2,5-8H2,1H3,(H,16,19)(H,17,20). The Kier molecular flexibility index (Phi) is 6.39. The van der Waals surface area contributed by atoms with Crippen LogP contribution in [0, 0.1) is 0 Å². The number of hydrogen-bond acceptors (Lipinski definition) is 8. The van der Waals surface area contributed by atoms with E-state index in [9.17, 15) is 22.8 Å². The van der Waals surface area contributed by atoms with Crippen molar-refractivity contribution >= 4 is 33.0 Å². The van der Waals surface area contributed by atoms with Crippen LogP contribution in [0.15, 0.2) is 32.3 Å². The number of nitrogens with one attached hydrogen (secondary N) is 2. The van der Waals surface area contributed by atoms with E-state index in [1.54, 1.807) is 6.92 Å². The largest absolute Gasteiger partial charge is 0.465 e. The number of esters is 1. The van der Waals surface area contributed by atoms with Crippen LogP contribution in [0.25, 0.3) is 11.1 Å². The van der Waals surface area contributed by atoms with Crippen LogP contribution in [0.4, 0.5) is 4.79 Å². The monoisotopic (exact) mass is 386 g/mol. The third-order valence-electron chi connectivity index (χ3n) is 3.24. The minimum absolute atomic E-state index is 0.0214. The molecule has 2 rings (SSSR count). The van der Waals surface area contributed by atoms with E-state index < -0.39 is 33.4 Å². The van der Waals surface area contributed by atoms with E-state index in [0.29, 0.717) is 5.52 Å². The summed E-state index contributed by atoms with van der Waals surface area (Å²) < 4.78 is 38.8. The minimum Gasteiger partial charge on any atom is -0.465 e. The lowest BCUT2D eigenvalue weighted by Crippen LogP contribution is -2.27. The highest BCUT2D eigenvalue weighted by Crippen LogP contribution is 2.17. The van der Waals surface area contributed by atoms with Crippen molar-refractivity contribution in [3.8, 4) is 0 Å². The van der Waals surface area contributed by atoms with E-state index in [4.69, 9.17) is 9.15 Å². The van der Waals surface area contributed by atoms with Gasteiger partial charge in [0.05, 0.1) is 29.2 Å². The van der Waals surface area contributed by atoms with Gasteiger partial charge in [0.2, 0.25) is 0 Å². The lowest BCUT2D eigenvalue weighted by molar-refractivity contribution is -0.142. The van der Waals surface area contributed by atoms with E-state index in [1.165, 1.54) is 18.2 Å². The number of aromatic amines is 1. The number of rotatable bonds is 8. The van der Waals surface area contributed by atoms with Gasteiger partial charge in [-0.25, -0.2) is 18.0 Å². The third-order valence-corrected chi connectivity index (χ3v) is 4.92. The molecule has 0 atom stereocenters. The molecule has 1 heterocycles. The summed E-state index contributed by atoms with van der Waals surface area (Å²) in [6.07, 6.45) is -0.756. The third kappa shape index (κ3) is 5.34. The first kappa shape index (κ1) is 19.5. The molecule has 0 unspecified atom stereocenters. The van der Waals surface area contributed by atoms with E-state index in [1.807, 2.05) is 0 Å². The molecule has 1 amide bonds. The van der Waals surface area contributed by atoms with Gasteiger partial charge in [0.25, 0.3) is 0 Å². The van der Waals surface area contributed by atoms with Crippen LogP contribution in [0.5, 0.6) is 0 Å². The van der Waals surface area contributed by atoms with Gasteiger partial charge in [-0.05, 0) is 19.1 Å². The van der Waals surface area contributed by atoms with E-state index in [0.717, 1.165) is 0 Å². The Labute approximate surface area is 148 Å². The fourth-order valence-electron chi connectivity index (χ4n) is 2.02. The number of fused-ring (bicyclic) bond motifs is 1. The number of amides is 1. The van der Waals surface area contributed by atoms with Gasteiger partial charge in [0, 0.05) is 12.6 Å². The molecule has 0 saturated carbocycles. The molecule has 10 nitrogen and oxygen atoms in total. The molecular weight excluding hydrogens is 368 g/mol. The fraction of sp³-hybridized carbons (Fsp3) is 0.400. The number of ether oxygens (including phenoxy) is 2. The molecule has 0 spiro atoms. The maximum atomic E-state index is 12.2. The van der Waals surface area contributed by atoms with Crippen LogP contribution in [-0.4, -0.2) is 51.0 Å². The average molecular weight is 386 g/mol. The highest BCUT2D eigenvalue weighted by Gasteiger charge is 2.17. The number of sulfone groups is 1. The smallest absolute Gasteiger partial charge is 0.417 e. The topological polar surface area (TPSA) is 145 Å². The SMILES string of the molecule is CCOC(=O)NCCC(=O)OCCS(=O)(=O)c1ccc2[nH]c(=O)oc2c1. The second kappa shape index (κ2) is 8.52. The van der Waals surface area contributed by atoms with Crippen molar-refractivity contribution in [2.45, 2.75) is 18.2 Å². The predicted molar refractivity (Wildman–Crippen MR) is 89.5 cm³/mol.